The lowest BCUT2D eigenvalue weighted by Crippen LogP contribution is -2.41. The number of carbonyl (C=O) groups excluding carboxylic acids is 1. The summed E-state index contributed by atoms with van der Waals surface area (Å²) in [6, 6.07) is 8.01. The Morgan fingerprint density at radius 2 is 2.00 bits per heavy atom. The molecule has 1 aromatic carbocycles. The quantitative estimate of drug-likeness (QED) is 0.818. The highest BCUT2D eigenvalue weighted by Crippen LogP contribution is 2.16. The van der Waals surface area contributed by atoms with Crippen LogP contribution < -0.4 is 5.32 Å². The molecule has 0 fully saturated rings. The van der Waals surface area contributed by atoms with E-state index in [0.29, 0.717) is 0 Å². The second-order valence-electron chi connectivity index (χ2n) is 5.09. The molecule has 2 N–H and O–H groups in total. The molecule has 1 rings (SSSR count). The molecule has 0 bridgehead atoms. The normalized spacial score (nSPS) is 14.2. The van der Waals surface area contributed by atoms with Gasteiger partial charge in [-0.15, -0.1) is 0 Å². The molecule has 2 unspecified atom stereocenters. The summed E-state index contributed by atoms with van der Waals surface area (Å²) >= 11 is 0. The predicted molar refractivity (Wildman–Crippen MR) is 76.9 cm³/mol. The van der Waals surface area contributed by atoms with Gasteiger partial charge in [-0.1, -0.05) is 24.3 Å². The minimum Gasteiger partial charge on any atom is -0.395 e. The largest absolute Gasteiger partial charge is 0.395 e. The molecule has 0 saturated carbocycles. The second kappa shape index (κ2) is 7.26. The van der Waals surface area contributed by atoms with Gasteiger partial charge in [-0.3, -0.25) is 9.69 Å². The highest BCUT2D eigenvalue weighted by atomic mass is 16.3. The molecule has 0 heterocycles. The Morgan fingerprint density at radius 1 is 1.37 bits per heavy atom. The molecule has 0 aromatic heterocycles. The molecular formula is C15H24N2O2. The fraction of sp³-hybridized carbons (Fsp3) is 0.533. The molecular weight excluding hydrogens is 240 g/mol. The Hall–Kier alpha value is -1.39. The summed E-state index contributed by atoms with van der Waals surface area (Å²) in [6.45, 7) is 6.25. The summed E-state index contributed by atoms with van der Waals surface area (Å²) in [5.41, 5.74) is 2.31. The van der Waals surface area contributed by atoms with Gasteiger partial charge < -0.3 is 10.4 Å². The van der Waals surface area contributed by atoms with Crippen LogP contribution in [0, 0.1) is 6.92 Å². The van der Waals surface area contributed by atoms with E-state index in [1.807, 2.05) is 57.0 Å². The molecule has 4 heteroatoms. The van der Waals surface area contributed by atoms with Crippen molar-refractivity contribution in [2.45, 2.75) is 32.9 Å². The third-order valence-corrected chi connectivity index (χ3v) is 3.44. The number of nitrogens with zero attached hydrogens (tertiary/aromatic N) is 1. The molecule has 1 amide bonds. The number of carbonyl (C=O) groups is 1. The van der Waals surface area contributed by atoms with Crippen molar-refractivity contribution < 1.29 is 9.90 Å². The van der Waals surface area contributed by atoms with Crippen molar-refractivity contribution in [2.75, 3.05) is 20.2 Å². The van der Waals surface area contributed by atoms with Gasteiger partial charge in [0.15, 0.2) is 0 Å². The maximum Gasteiger partial charge on any atom is 0.234 e. The van der Waals surface area contributed by atoms with Crippen LogP contribution in [0.15, 0.2) is 24.3 Å². The Kier molecular flexibility index (Phi) is 5.99. The zero-order chi connectivity index (χ0) is 14.4. The van der Waals surface area contributed by atoms with E-state index >= 15 is 0 Å². The lowest BCUT2D eigenvalue weighted by Gasteiger charge is -2.23. The minimum absolute atomic E-state index is 0.00784. The van der Waals surface area contributed by atoms with Crippen LogP contribution in [0.3, 0.4) is 0 Å². The van der Waals surface area contributed by atoms with Crippen LogP contribution in [0.1, 0.15) is 31.0 Å². The van der Waals surface area contributed by atoms with Crippen LogP contribution >= 0.6 is 0 Å². The Balaban J connectivity index is 2.55. The summed E-state index contributed by atoms with van der Waals surface area (Å²) in [5.74, 6) is -0.0291. The third kappa shape index (κ3) is 4.65. The number of hydrogen-bond donors (Lipinski definition) is 2. The van der Waals surface area contributed by atoms with Gasteiger partial charge in [0.1, 0.15) is 0 Å². The number of aryl methyl sites for hydroxylation is 1. The first-order chi connectivity index (χ1) is 8.95. The maximum atomic E-state index is 11.9. The second-order valence-corrected chi connectivity index (χ2v) is 5.09. The summed E-state index contributed by atoms with van der Waals surface area (Å²) in [6.07, 6.45) is 0. The molecule has 0 spiro atoms. The average molecular weight is 264 g/mol. The van der Waals surface area contributed by atoms with Crippen LogP contribution in [0.2, 0.25) is 0 Å². The monoisotopic (exact) mass is 264 g/mol. The molecule has 19 heavy (non-hydrogen) atoms. The summed E-state index contributed by atoms with van der Waals surface area (Å²) in [5, 5.41) is 12.0. The Labute approximate surface area is 115 Å². The molecule has 2 atom stereocenters. The lowest BCUT2D eigenvalue weighted by molar-refractivity contribution is -0.123. The zero-order valence-corrected chi connectivity index (χ0v) is 12.2. The van der Waals surface area contributed by atoms with E-state index in [1.54, 1.807) is 0 Å². The van der Waals surface area contributed by atoms with Crippen molar-refractivity contribution in [3.8, 4) is 0 Å². The van der Waals surface area contributed by atoms with Crippen LogP contribution in [0.25, 0.3) is 0 Å². The van der Waals surface area contributed by atoms with Crippen LogP contribution in [-0.4, -0.2) is 42.2 Å². The van der Waals surface area contributed by atoms with Crippen molar-refractivity contribution in [3.63, 3.8) is 0 Å². The van der Waals surface area contributed by atoms with E-state index in [2.05, 4.69) is 5.32 Å². The van der Waals surface area contributed by atoms with Crippen LogP contribution in [-0.2, 0) is 4.79 Å². The highest BCUT2D eigenvalue weighted by molar-refractivity contribution is 5.78. The lowest BCUT2D eigenvalue weighted by atomic mass is 10.0. The summed E-state index contributed by atoms with van der Waals surface area (Å²) in [4.78, 5) is 13.8. The van der Waals surface area contributed by atoms with E-state index in [9.17, 15) is 4.79 Å². The molecule has 1 aromatic rings. The number of nitrogens with one attached hydrogen (secondary N) is 1. The first-order valence-electron chi connectivity index (χ1n) is 6.61. The molecule has 0 saturated heterocycles. The van der Waals surface area contributed by atoms with Crippen molar-refractivity contribution >= 4 is 5.91 Å². The van der Waals surface area contributed by atoms with Gasteiger partial charge in [0.2, 0.25) is 5.91 Å². The summed E-state index contributed by atoms with van der Waals surface area (Å²) in [7, 11) is 1.83. The van der Waals surface area contributed by atoms with Crippen molar-refractivity contribution in [1.29, 1.82) is 0 Å². The first kappa shape index (κ1) is 15.7. The van der Waals surface area contributed by atoms with Gasteiger partial charge in [-0.2, -0.15) is 0 Å². The van der Waals surface area contributed by atoms with Gasteiger partial charge in [0.25, 0.3) is 0 Å². The number of aliphatic hydroxyl groups excluding tert-OH is 1. The number of hydrogen-bond acceptors (Lipinski definition) is 3. The van der Waals surface area contributed by atoms with E-state index in [-0.39, 0.29) is 31.1 Å². The van der Waals surface area contributed by atoms with Gasteiger partial charge in [0.05, 0.1) is 19.2 Å². The zero-order valence-electron chi connectivity index (χ0n) is 12.2. The third-order valence-electron chi connectivity index (χ3n) is 3.44. The fourth-order valence-corrected chi connectivity index (χ4v) is 1.96. The number of rotatable bonds is 6. The van der Waals surface area contributed by atoms with E-state index in [4.69, 9.17) is 5.11 Å². The number of benzene rings is 1. The van der Waals surface area contributed by atoms with Crippen LogP contribution in [0.5, 0.6) is 0 Å². The topological polar surface area (TPSA) is 52.6 Å². The predicted octanol–water partition coefficient (Wildman–Crippen LogP) is 1.48. The summed E-state index contributed by atoms with van der Waals surface area (Å²) < 4.78 is 0. The van der Waals surface area contributed by atoms with Crippen molar-refractivity contribution in [2.24, 2.45) is 0 Å². The van der Waals surface area contributed by atoms with Gasteiger partial charge >= 0.3 is 0 Å². The van der Waals surface area contributed by atoms with Crippen molar-refractivity contribution in [1.82, 2.24) is 10.2 Å². The Bertz CT molecular complexity index is 420. The van der Waals surface area contributed by atoms with E-state index in [0.717, 1.165) is 5.56 Å². The van der Waals surface area contributed by atoms with Gasteiger partial charge in [-0.25, -0.2) is 0 Å². The number of likely N-dealkylation sites (N-methyl/N-ethyl adjacent to an activating group) is 1. The molecule has 0 radical (unpaired) electrons. The molecule has 0 aliphatic heterocycles. The molecule has 0 aliphatic carbocycles. The maximum absolute atomic E-state index is 11.9. The number of amides is 1. The van der Waals surface area contributed by atoms with Gasteiger partial charge in [0, 0.05) is 6.04 Å². The molecule has 0 aliphatic rings. The SMILES string of the molecule is Cc1ccccc1C(C)NC(=O)CN(C)C(C)CO. The van der Waals surface area contributed by atoms with Crippen molar-refractivity contribution in [3.05, 3.63) is 35.4 Å². The average Bonchev–Trinajstić information content (AvgIpc) is 2.37. The van der Waals surface area contributed by atoms with E-state index in [1.165, 1.54) is 5.56 Å². The Morgan fingerprint density at radius 3 is 2.58 bits per heavy atom. The highest BCUT2D eigenvalue weighted by Gasteiger charge is 2.15. The smallest absolute Gasteiger partial charge is 0.234 e. The minimum atomic E-state index is -0.0291. The standard InChI is InChI=1S/C15H24N2O2/c1-11-7-5-6-8-14(11)13(3)16-15(19)9-17(4)12(2)10-18/h5-8,12-13,18H,9-10H2,1-4H3,(H,16,19). The number of aliphatic hydroxyl groups is 1. The first-order valence-corrected chi connectivity index (χ1v) is 6.61. The fourth-order valence-electron chi connectivity index (χ4n) is 1.96. The van der Waals surface area contributed by atoms with Crippen LogP contribution in [0.4, 0.5) is 0 Å². The molecule has 4 nitrogen and oxygen atoms in total. The van der Waals surface area contributed by atoms with Gasteiger partial charge in [-0.05, 0) is 38.9 Å². The molecule has 106 valence electrons. The van der Waals surface area contributed by atoms with E-state index < -0.39 is 0 Å².